The van der Waals surface area contributed by atoms with Crippen molar-refractivity contribution < 1.29 is 9.84 Å². The number of rotatable bonds is 5. The van der Waals surface area contributed by atoms with Crippen LogP contribution in [0.1, 0.15) is 5.56 Å². The van der Waals surface area contributed by atoms with Crippen molar-refractivity contribution in [3.05, 3.63) is 42.0 Å². The fourth-order valence-corrected chi connectivity index (χ4v) is 2.23. The van der Waals surface area contributed by atoms with Gasteiger partial charge in [0.15, 0.2) is 0 Å². The topological polar surface area (TPSA) is 55.5 Å². The Bertz CT molecular complexity index is 521. The fourth-order valence-electron chi connectivity index (χ4n) is 2.23. The maximum absolute atomic E-state index is 9.30. The van der Waals surface area contributed by atoms with E-state index in [9.17, 15) is 5.11 Å². The Morgan fingerprint density at radius 2 is 2.00 bits per heavy atom. The van der Waals surface area contributed by atoms with Gasteiger partial charge in [0.05, 0.1) is 7.11 Å². The van der Waals surface area contributed by atoms with E-state index >= 15 is 0 Å². The summed E-state index contributed by atoms with van der Waals surface area (Å²) in [7, 11) is 1.67. The number of fused-ring (bicyclic) bond motifs is 1. The largest absolute Gasteiger partial charge is 0.496 e. The lowest BCUT2D eigenvalue weighted by molar-refractivity contribution is 0.229. The zero-order valence-corrected chi connectivity index (χ0v) is 10.6. The molecule has 3 N–H and O–H groups in total. The Kier molecular flexibility index (Phi) is 4.18. The molecule has 0 spiro atoms. The highest BCUT2D eigenvalue weighted by Crippen LogP contribution is 2.29. The molecule has 0 fully saturated rings. The summed E-state index contributed by atoms with van der Waals surface area (Å²) in [5, 5.41) is 11.7. The molecule has 0 bridgehead atoms. The third-order valence-electron chi connectivity index (χ3n) is 3.30. The van der Waals surface area contributed by atoms with Gasteiger partial charge in [-0.15, -0.1) is 0 Å². The number of aliphatic hydroxyl groups excluding tert-OH is 1. The molecule has 2 aromatic carbocycles. The van der Waals surface area contributed by atoms with Crippen LogP contribution < -0.4 is 10.5 Å². The van der Waals surface area contributed by atoms with E-state index in [-0.39, 0.29) is 12.5 Å². The lowest BCUT2D eigenvalue weighted by Gasteiger charge is -2.16. The summed E-state index contributed by atoms with van der Waals surface area (Å²) in [6.07, 6.45) is 0.734. The molecule has 0 saturated carbocycles. The van der Waals surface area contributed by atoms with Crippen molar-refractivity contribution >= 4 is 10.8 Å². The molecular formula is C15H19NO2. The Morgan fingerprint density at radius 1 is 1.22 bits per heavy atom. The summed E-state index contributed by atoms with van der Waals surface area (Å²) < 4.78 is 5.42. The number of aliphatic hydroxyl groups is 1. The van der Waals surface area contributed by atoms with Crippen molar-refractivity contribution in [1.82, 2.24) is 0 Å². The summed E-state index contributed by atoms with van der Waals surface area (Å²) in [6, 6.07) is 12.2. The highest BCUT2D eigenvalue weighted by molar-refractivity contribution is 5.87. The summed E-state index contributed by atoms with van der Waals surface area (Å²) in [5.74, 6) is 0.935. The predicted molar refractivity (Wildman–Crippen MR) is 73.8 cm³/mol. The standard InChI is InChI=1S/C15H19NO2/c1-18-15-7-6-12-4-2-3-5-13(12)14(15)8-11(9-16)10-17/h2-7,11,17H,8-10,16H2,1H3/t11-/m1/s1. The van der Waals surface area contributed by atoms with Crippen LogP contribution in [-0.4, -0.2) is 25.4 Å². The lowest BCUT2D eigenvalue weighted by atomic mass is 9.94. The first-order valence-electron chi connectivity index (χ1n) is 6.15. The van der Waals surface area contributed by atoms with Gasteiger partial charge in [0.25, 0.3) is 0 Å². The maximum Gasteiger partial charge on any atom is 0.122 e. The summed E-state index contributed by atoms with van der Waals surface area (Å²) in [6.45, 7) is 0.575. The zero-order valence-electron chi connectivity index (χ0n) is 10.6. The molecule has 0 unspecified atom stereocenters. The first-order valence-corrected chi connectivity index (χ1v) is 6.15. The number of nitrogens with two attached hydrogens (primary N) is 1. The van der Waals surface area contributed by atoms with Crippen LogP contribution in [-0.2, 0) is 6.42 Å². The Labute approximate surface area is 107 Å². The summed E-state index contributed by atoms with van der Waals surface area (Å²) in [4.78, 5) is 0. The Balaban J connectivity index is 2.50. The van der Waals surface area contributed by atoms with Gasteiger partial charge in [-0.05, 0) is 35.7 Å². The number of hydrogen-bond donors (Lipinski definition) is 2. The van der Waals surface area contributed by atoms with Crippen molar-refractivity contribution in [1.29, 1.82) is 0 Å². The maximum atomic E-state index is 9.30. The molecule has 96 valence electrons. The Hall–Kier alpha value is -1.58. The number of ether oxygens (including phenoxy) is 1. The molecule has 0 saturated heterocycles. The van der Waals surface area contributed by atoms with Crippen LogP contribution in [0.25, 0.3) is 10.8 Å². The van der Waals surface area contributed by atoms with E-state index in [1.165, 1.54) is 10.8 Å². The van der Waals surface area contributed by atoms with Crippen LogP contribution in [0.4, 0.5) is 0 Å². The highest BCUT2D eigenvalue weighted by Gasteiger charge is 2.13. The molecule has 0 amide bonds. The second-order valence-electron chi connectivity index (χ2n) is 4.46. The molecule has 0 aliphatic heterocycles. The molecule has 0 heterocycles. The zero-order chi connectivity index (χ0) is 13.0. The third kappa shape index (κ3) is 2.47. The van der Waals surface area contributed by atoms with E-state index in [0.29, 0.717) is 6.54 Å². The molecule has 0 aromatic heterocycles. The average molecular weight is 245 g/mol. The quantitative estimate of drug-likeness (QED) is 0.846. The molecule has 0 aliphatic carbocycles. The van der Waals surface area contributed by atoms with Crippen molar-refractivity contribution in [3.63, 3.8) is 0 Å². The molecule has 2 aromatic rings. The minimum Gasteiger partial charge on any atom is -0.496 e. The minimum atomic E-state index is 0.0738. The van der Waals surface area contributed by atoms with Gasteiger partial charge in [-0.1, -0.05) is 30.3 Å². The molecule has 0 aliphatic rings. The SMILES string of the molecule is COc1ccc2ccccc2c1C[C@H](CN)CO. The van der Waals surface area contributed by atoms with E-state index in [2.05, 4.69) is 12.1 Å². The second kappa shape index (κ2) is 5.85. The molecule has 0 radical (unpaired) electrons. The van der Waals surface area contributed by atoms with Crippen LogP contribution in [0.5, 0.6) is 5.75 Å². The molecule has 1 atom stereocenters. The van der Waals surface area contributed by atoms with E-state index < -0.39 is 0 Å². The van der Waals surface area contributed by atoms with Gasteiger partial charge < -0.3 is 15.6 Å². The monoisotopic (exact) mass is 245 g/mol. The van der Waals surface area contributed by atoms with Gasteiger partial charge in [0, 0.05) is 12.2 Å². The first kappa shape index (κ1) is 12.9. The summed E-state index contributed by atoms with van der Waals surface area (Å²) in [5.41, 5.74) is 6.79. The molecule has 18 heavy (non-hydrogen) atoms. The van der Waals surface area contributed by atoms with Gasteiger partial charge in [0.2, 0.25) is 0 Å². The third-order valence-corrected chi connectivity index (χ3v) is 3.30. The minimum absolute atomic E-state index is 0.0738. The van der Waals surface area contributed by atoms with Crippen LogP contribution in [0, 0.1) is 5.92 Å². The van der Waals surface area contributed by atoms with Gasteiger partial charge in [-0.3, -0.25) is 0 Å². The molecular weight excluding hydrogens is 226 g/mol. The van der Waals surface area contributed by atoms with Crippen LogP contribution in [0.15, 0.2) is 36.4 Å². The van der Waals surface area contributed by atoms with Gasteiger partial charge in [-0.25, -0.2) is 0 Å². The highest BCUT2D eigenvalue weighted by atomic mass is 16.5. The van der Waals surface area contributed by atoms with E-state index in [4.69, 9.17) is 10.5 Å². The fraction of sp³-hybridized carbons (Fsp3) is 0.333. The second-order valence-corrected chi connectivity index (χ2v) is 4.46. The number of hydrogen-bond acceptors (Lipinski definition) is 3. The number of methoxy groups -OCH3 is 1. The number of benzene rings is 2. The van der Waals surface area contributed by atoms with Crippen LogP contribution in [0.2, 0.25) is 0 Å². The Morgan fingerprint density at radius 3 is 2.67 bits per heavy atom. The average Bonchev–Trinajstić information content (AvgIpc) is 2.44. The van der Waals surface area contributed by atoms with Crippen LogP contribution in [0.3, 0.4) is 0 Å². The van der Waals surface area contributed by atoms with Gasteiger partial charge >= 0.3 is 0 Å². The van der Waals surface area contributed by atoms with Crippen molar-refractivity contribution in [3.8, 4) is 5.75 Å². The molecule has 3 heteroatoms. The van der Waals surface area contributed by atoms with Crippen molar-refractivity contribution in [2.75, 3.05) is 20.3 Å². The van der Waals surface area contributed by atoms with Gasteiger partial charge in [-0.2, -0.15) is 0 Å². The predicted octanol–water partition coefficient (Wildman–Crippen LogP) is 1.96. The van der Waals surface area contributed by atoms with Gasteiger partial charge in [0.1, 0.15) is 5.75 Å². The smallest absolute Gasteiger partial charge is 0.122 e. The summed E-state index contributed by atoms with van der Waals surface area (Å²) >= 11 is 0. The van der Waals surface area contributed by atoms with Crippen molar-refractivity contribution in [2.45, 2.75) is 6.42 Å². The molecule has 2 rings (SSSR count). The van der Waals surface area contributed by atoms with E-state index in [0.717, 1.165) is 17.7 Å². The van der Waals surface area contributed by atoms with E-state index in [1.54, 1.807) is 7.11 Å². The molecule has 3 nitrogen and oxygen atoms in total. The van der Waals surface area contributed by atoms with E-state index in [1.807, 2.05) is 24.3 Å². The van der Waals surface area contributed by atoms with Crippen LogP contribution >= 0.6 is 0 Å². The normalized spacial score (nSPS) is 12.6. The first-order chi connectivity index (χ1) is 8.80. The van der Waals surface area contributed by atoms with Crippen molar-refractivity contribution in [2.24, 2.45) is 11.7 Å². The lowest BCUT2D eigenvalue weighted by Crippen LogP contribution is -2.20.